The number of aliphatic hydroxyl groups is 1. The highest BCUT2D eigenvalue weighted by molar-refractivity contribution is 7.91. The van der Waals surface area contributed by atoms with Crippen LogP contribution >= 0.6 is 0 Å². The van der Waals surface area contributed by atoms with Crippen LogP contribution in [-0.4, -0.2) is 36.4 Å². The minimum atomic E-state index is -3.40. The number of rotatable bonds is 2. The molecule has 5 rings (SSSR count). The molecule has 0 radical (unpaired) electrons. The average Bonchev–Trinajstić information content (AvgIpc) is 2.48. The third kappa shape index (κ3) is 2.48. The van der Waals surface area contributed by atoms with Crippen LogP contribution in [0, 0.1) is 5.41 Å². The highest BCUT2D eigenvalue weighted by Gasteiger charge is 2.50. The summed E-state index contributed by atoms with van der Waals surface area (Å²) in [5.74, 6) is 0.440. The van der Waals surface area contributed by atoms with E-state index >= 15 is 0 Å². The molecule has 124 valence electrons. The number of hydrogen-bond acceptors (Lipinski definition) is 4. The van der Waals surface area contributed by atoms with Crippen LogP contribution in [-0.2, 0) is 14.8 Å². The summed E-state index contributed by atoms with van der Waals surface area (Å²) >= 11 is 0. The van der Waals surface area contributed by atoms with Gasteiger partial charge in [-0.15, -0.1) is 4.40 Å². The van der Waals surface area contributed by atoms with Gasteiger partial charge in [-0.2, -0.15) is 0 Å². The van der Waals surface area contributed by atoms with Crippen LogP contribution in [0.5, 0.6) is 0 Å². The molecule has 1 aliphatic heterocycles. The number of nitrogens with zero attached hydrogens (tertiary/aromatic N) is 1. The van der Waals surface area contributed by atoms with Crippen molar-refractivity contribution in [2.75, 3.05) is 0 Å². The van der Waals surface area contributed by atoms with Crippen LogP contribution < -0.4 is 0 Å². The van der Waals surface area contributed by atoms with Gasteiger partial charge in [0.15, 0.2) is 0 Å². The van der Waals surface area contributed by atoms with E-state index in [-0.39, 0.29) is 11.5 Å². The summed E-state index contributed by atoms with van der Waals surface area (Å²) in [7, 11) is -3.40. The first-order valence-electron chi connectivity index (χ1n) is 8.62. The summed E-state index contributed by atoms with van der Waals surface area (Å²) in [5.41, 5.74) is -0.363. The topological polar surface area (TPSA) is 76.0 Å². The van der Waals surface area contributed by atoms with Crippen molar-refractivity contribution in [2.24, 2.45) is 9.81 Å². The number of sulfonamides is 1. The predicted octanol–water partition coefficient (Wildman–Crippen LogP) is 2.53. The maximum absolute atomic E-state index is 12.4. The Bertz CT molecular complexity index is 573. The van der Waals surface area contributed by atoms with Gasteiger partial charge < -0.3 is 9.84 Å². The average molecular weight is 327 g/mol. The van der Waals surface area contributed by atoms with Gasteiger partial charge >= 0.3 is 0 Å². The Hall–Kier alpha value is -0.620. The van der Waals surface area contributed by atoms with Gasteiger partial charge in [0.05, 0.1) is 5.60 Å². The fourth-order valence-electron chi connectivity index (χ4n) is 4.85. The van der Waals surface area contributed by atoms with Crippen LogP contribution in [0.4, 0.5) is 0 Å². The first-order valence-corrected chi connectivity index (χ1v) is 10.1. The van der Waals surface area contributed by atoms with Crippen molar-refractivity contribution in [3.63, 3.8) is 0 Å². The molecule has 0 saturated heterocycles. The van der Waals surface area contributed by atoms with Crippen LogP contribution in [0.15, 0.2) is 4.40 Å². The molecule has 0 aromatic heterocycles. The molecular weight excluding hydrogens is 302 g/mol. The van der Waals surface area contributed by atoms with Crippen LogP contribution in [0.1, 0.15) is 70.6 Å². The van der Waals surface area contributed by atoms with Crippen LogP contribution in [0.2, 0.25) is 0 Å². The second-order valence-electron chi connectivity index (χ2n) is 7.88. The Balaban J connectivity index is 1.55. The molecule has 4 fully saturated rings. The van der Waals surface area contributed by atoms with Crippen molar-refractivity contribution in [1.29, 1.82) is 0 Å². The first kappa shape index (κ1) is 14.9. The van der Waals surface area contributed by atoms with Crippen molar-refractivity contribution < 1.29 is 18.3 Å². The van der Waals surface area contributed by atoms with Crippen molar-refractivity contribution in [3.8, 4) is 0 Å². The fourth-order valence-corrected chi connectivity index (χ4v) is 6.41. The van der Waals surface area contributed by atoms with Gasteiger partial charge in [0, 0.05) is 6.42 Å². The van der Waals surface area contributed by atoms with Crippen molar-refractivity contribution in [3.05, 3.63) is 0 Å². The predicted molar refractivity (Wildman–Crippen MR) is 83.2 cm³/mol. The molecule has 0 spiro atoms. The first-order chi connectivity index (χ1) is 10.4. The van der Waals surface area contributed by atoms with E-state index < -0.39 is 20.9 Å². The molecule has 5 nitrogen and oxygen atoms in total. The maximum atomic E-state index is 12.4. The lowest BCUT2D eigenvalue weighted by Gasteiger charge is -2.51. The van der Waals surface area contributed by atoms with Crippen LogP contribution in [0.3, 0.4) is 0 Å². The quantitative estimate of drug-likeness (QED) is 0.845. The lowest BCUT2D eigenvalue weighted by Crippen LogP contribution is -2.48. The number of ether oxygens (including phenoxy) is 1. The Morgan fingerprint density at radius 1 is 1.09 bits per heavy atom. The lowest BCUT2D eigenvalue weighted by molar-refractivity contribution is -0.0910. The zero-order chi connectivity index (χ0) is 15.4. The Morgan fingerprint density at radius 3 is 2.41 bits per heavy atom. The van der Waals surface area contributed by atoms with Crippen molar-refractivity contribution in [2.45, 2.75) is 87.6 Å². The Kier molecular flexibility index (Phi) is 3.35. The zero-order valence-corrected chi connectivity index (χ0v) is 13.8. The largest absolute Gasteiger partial charge is 0.475 e. The van der Waals surface area contributed by atoms with E-state index in [2.05, 4.69) is 4.40 Å². The highest BCUT2D eigenvalue weighted by Crippen LogP contribution is 2.54. The van der Waals surface area contributed by atoms with E-state index in [0.29, 0.717) is 18.7 Å². The van der Waals surface area contributed by atoms with E-state index in [1.807, 2.05) is 0 Å². The van der Waals surface area contributed by atoms with Crippen molar-refractivity contribution in [1.82, 2.24) is 0 Å². The van der Waals surface area contributed by atoms with Gasteiger partial charge in [-0.05, 0) is 63.2 Å². The molecule has 2 bridgehead atoms. The van der Waals surface area contributed by atoms with Gasteiger partial charge in [-0.1, -0.05) is 6.42 Å². The SMILES string of the molecule is O=S1(=O)N=C(CC23CCC(O)(CC2)CC3)OC2CCCCC21. The summed E-state index contributed by atoms with van der Waals surface area (Å²) < 4.78 is 34.9. The van der Waals surface area contributed by atoms with E-state index in [9.17, 15) is 13.5 Å². The molecule has 1 N–H and O–H groups in total. The normalized spacial score (nSPS) is 46.5. The van der Waals surface area contributed by atoms with Gasteiger partial charge in [-0.3, -0.25) is 0 Å². The molecule has 4 aliphatic carbocycles. The standard InChI is InChI=1S/C16H25NO4S/c18-16-8-5-15(6-9-16,7-10-16)11-14-17-22(19,20)13-4-2-1-3-12(13)21-14/h12-13,18H,1-11H2. The van der Waals surface area contributed by atoms with Crippen LogP contribution in [0.25, 0.3) is 0 Å². The number of hydrogen-bond donors (Lipinski definition) is 1. The molecule has 2 atom stereocenters. The molecule has 1 heterocycles. The van der Waals surface area contributed by atoms with E-state index in [1.54, 1.807) is 0 Å². The maximum Gasteiger partial charge on any atom is 0.262 e. The number of fused-ring (bicyclic) bond motifs is 4. The summed E-state index contributed by atoms with van der Waals surface area (Å²) in [5, 5.41) is 9.89. The molecule has 0 aromatic rings. The highest BCUT2D eigenvalue weighted by atomic mass is 32.2. The molecule has 0 amide bonds. The molecule has 6 heteroatoms. The minimum Gasteiger partial charge on any atom is -0.475 e. The van der Waals surface area contributed by atoms with E-state index in [0.717, 1.165) is 57.8 Å². The van der Waals surface area contributed by atoms with E-state index in [1.165, 1.54) is 0 Å². The third-order valence-corrected chi connectivity index (χ3v) is 8.19. The van der Waals surface area contributed by atoms with E-state index in [4.69, 9.17) is 4.74 Å². The summed E-state index contributed by atoms with van der Waals surface area (Å²) in [6.07, 6.45) is 9.33. The molecule has 2 unspecified atom stereocenters. The van der Waals surface area contributed by atoms with Gasteiger partial charge in [0.2, 0.25) is 5.90 Å². The molecule has 4 saturated carbocycles. The molecule has 22 heavy (non-hydrogen) atoms. The summed E-state index contributed by atoms with van der Waals surface area (Å²) in [6, 6.07) is 0. The van der Waals surface area contributed by atoms with Gasteiger partial charge in [-0.25, -0.2) is 8.42 Å². The third-order valence-electron chi connectivity index (χ3n) is 6.43. The Morgan fingerprint density at radius 2 is 1.73 bits per heavy atom. The Labute approximate surface area is 132 Å². The summed E-state index contributed by atoms with van der Waals surface area (Å²) in [4.78, 5) is 0. The molecule has 5 aliphatic rings. The summed E-state index contributed by atoms with van der Waals surface area (Å²) in [6.45, 7) is 0. The minimum absolute atomic E-state index is 0.0976. The van der Waals surface area contributed by atoms with Crippen molar-refractivity contribution >= 4 is 15.9 Å². The second-order valence-corrected chi connectivity index (χ2v) is 9.70. The van der Waals surface area contributed by atoms with Gasteiger partial charge in [0.25, 0.3) is 10.0 Å². The van der Waals surface area contributed by atoms with Gasteiger partial charge in [0.1, 0.15) is 11.4 Å². The second kappa shape index (κ2) is 4.94. The zero-order valence-electron chi connectivity index (χ0n) is 13.0. The molecular formula is C16H25NO4S. The monoisotopic (exact) mass is 327 g/mol. The lowest BCUT2D eigenvalue weighted by atomic mass is 9.57. The smallest absolute Gasteiger partial charge is 0.262 e. The fraction of sp³-hybridized carbons (Fsp3) is 0.938. The molecule has 0 aromatic carbocycles.